The summed E-state index contributed by atoms with van der Waals surface area (Å²) in [7, 11) is 1.52. The highest BCUT2D eigenvalue weighted by Crippen LogP contribution is 2.40. The number of carbonyl (C=O) groups is 1. The number of methoxy groups -OCH3 is 1. The van der Waals surface area contributed by atoms with Crippen molar-refractivity contribution in [2.45, 2.75) is 142 Å². The summed E-state index contributed by atoms with van der Waals surface area (Å²) in [6.07, 6.45) is -4.73. The zero-order valence-electron chi connectivity index (χ0n) is 26.3. The van der Waals surface area contributed by atoms with E-state index < -0.39 is 71.4 Å². The molecule has 0 saturated carbocycles. The second-order valence-electron chi connectivity index (χ2n) is 13.2. The predicted octanol–water partition coefficient (Wildman–Crippen LogP) is 3.06. The summed E-state index contributed by atoms with van der Waals surface area (Å²) >= 11 is 0. The van der Waals surface area contributed by atoms with Crippen molar-refractivity contribution in [3.8, 4) is 0 Å². The van der Waals surface area contributed by atoms with Crippen LogP contribution in [0.1, 0.15) is 88.5 Å². The van der Waals surface area contributed by atoms with Gasteiger partial charge in [0.1, 0.15) is 17.8 Å². The molecular formula is C30H55NO9. The lowest BCUT2D eigenvalue weighted by atomic mass is 9.70. The standard InChI is InChI=1S/C30H55NO9/c1-12-21-30(10,36)25(32)17(4)23(31)15(2)13-28(8,35)19(6)16(3)24(18(5)27(34)39-21)40-22-14-29(9,37-11)26(33)20(7)38-22/h15-22,24-26,31-33,35-36H,12-14H2,1-11H3/t15-,16-,17+,18-,19-,20+,21-,22+,24+,25+,26+,28-,29-,30-/m1/s1. The number of esters is 1. The summed E-state index contributed by atoms with van der Waals surface area (Å²) in [6.45, 7) is 17.4. The lowest BCUT2D eigenvalue weighted by Crippen LogP contribution is -2.58. The van der Waals surface area contributed by atoms with E-state index in [1.165, 1.54) is 14.0 Å². The number of aliphatic hydroxyl groups excluding tert-OH is 2. The minimum Gasteiger partial charge on any atom is -0.459 e. The summed E-state index contributed by atoms with van der Waals surface area (Å²) in [6, 6.07) is 0. The lowest BCUT2D eigenvalue weighted by molar-refractivity contribution is -0.298. The summed E-state index contributed by atoms with van der Waals surface area (Å²) in [5.74, 6) is -3.31. The molecule has 234 valence electrons. The third-order valence-corrected chi connectivity index (χ3v) is 10.0. The minimum absolute atomic E-state index is 0.203. The van der Waals surface area contributed by atoms with Crippen molar-refractivity contribution in [2.75, 3.05) is 7.11 Å². The van der Waals surface area contributed by atoms with Crippen molar-refractivity contribution in [3.05, 3.63) is 0 Å². The van der Waals surface area contributed by atoms with Crippen LogP contribution in [-0.4, -0.2) is 92.8 Å². The molecule has 10 heteroatoms. The number of hydrogen-bond acceptors (Lipinski definition) is 10. The molecule has 0 radical (unpaired) electrons. The van der Waals surface area contributed by atoms with Crippen molar-refractivity contribution in [1.82, 2.24) is 0 Å². The number of aliphatic hydroxyl groups is 4. The second kappa shape index (κ2) is 13.0. The van der Waals surface area contributed by atoms with Crippen molar-refractivity contribution >= 4 is 11.7 Å². The molecule has 0 aromatic heterocycles. The smallest absolute Gasteiger partial charge is 0.311 e. The van der Waals surface area contributed by atoms with Gasteiger partial charge < -0.3 is 44.8 Å². The molecule has 0 unspecified atom stereocenters. The highest BCUT2D eigenvalue weighted by molar-refractivity contribution is 5.86. The first-order chi connectivity index (χ1) is 18.2. The van der Waals surface area contributed by atoms with Crippen molar-refractivity contribution in [3.63, 3.8) is 0 Å². The summed E-state index contributed by atoms with van der Waals surface area (Å²) in [5, 5.41) is 53.6. The molecule has 5 N–H and O–H groups in total. The molecule has 0 aromatic carbocycles. The Kier molecular flexibility index (Phi) is 11.4. The van der Waals surface area contributed by atoms with Crippen LogP contribution in [0.2, 0.25) is 0 Å². The molecule has 2 saturated heterocycles. The van der Waals surface area contributed by atoms with Crippen LogP contribution in [0.4, 0.5) is 0 Å². The molecule has 40 heavy (non-hydrogen) atoms. The fourth-order valence-corrected chi connectivity index (χ4v) is 6.55. The molecular weight excluding hydrogens is 518 g/mol. The van der Waals surface area contributed by atoms with E-state index >= 15 is 0 Å². The van der Waals surface area contributed by atoms with Gasteiger partial charge in [0.25, 0.3) is 0 Å². The van der Waals surface area contributed by atoms with E-state index in [9.17, 15) is 25.2 Å². The molecule has 10 nitrogen and oxygen atoms in total. The fraction of sp³-hybridized carbons (Fsp3) is 0.933. The number of ether oxygens (including phenoxy) is 4. The molecule has 2 aliphatic rings. The lowest BCUT2D eigenvalue weighted by Gasteiger charge is -2.47. The Balaban J connectivity index is 2.55. The molecule has 2 aliphatic heterocycles. The van der Waals surface area contributed by atoms with E-state index in [0.29, 0.717) is 0 Å². The number of cyclic esters (lactones) is 1. The van der Waals surface area contributed by atoms with Gasteiger partial charge in [-0.2, -0.15) is 0 Å². The molecule has 0 amide bonds. The molecule has 0 aliphatic carbocycles. The maximum atomic E-state index is 13.6. The second-order valence-corrected chi connectivity index (χ2v) is 13.2. The molecule has 0 bridgehead atoms. The van der Waals surface area contributed by atoms with Gasteiger partial charge in [0.05, 0.1) is 35.4 Å². The van der Waals surface area contributed by atoms with Crippen LogP contribution in [0.5, 0.6) is 0 Å². The van der Waals surface area contributed by atoms with Gasteiger partial charge in [-0.1, -0.05) is 34.6 Å². The van der Waals surface area contributed by atoms with Crippen LogP contribution in [-0.2, 0) is 23.7 Å². The van der Waals surface area contributed by atoms with E-state index in [0.717, 1.165) is 0 Å². The topological polar surface area (TPSA) is 159 Å². The van der Waals surface area contributed by atoms with Crippen molar-refractivity contribution in [2.24, 2.45) is 29.6 Å². The first kappa shape index (κ1) is 35.1. The van der Waals surface area contributed by atoms with E-state index in [4.69, 9.17) is 24.4 Å². The van der Waals surface area contributed by atoms with Gasteiger partial charge >= 0.3 is 5.97 Å². The van der Waals surface area contributed by atoms with E-state index in [1.807, 2.05) is 20.8 Å². The predicted molar refractivity (Wildman–Crippen MR) is 151 cm³/mol. The molecule has 2 fully saturated rings. The number of rotatable bonds is 4. The van der Waals surface area contributed by atoms with E-state index in [-0.39, 0.29) is 42.7 Å². The number of nitrogens with one attached hydrogen (secondary N) is 1. The minimum atomic E-state index is -1.82. The molecule has 14 atom stereocenters. The maximum Gasteiger partial charge on any atom is 0.311 e. The van der Waals surface area contributed by atoms with Gasteiger partial charge in [-0.25, -0.2) is 0 Å². The monoisotopic (exact) mass is 573 g/mol. The Morgan fingerprint density at radius 3 is 2.08 bits per heavy atom. The zero-order chi connectivity index (χ0) is 31.0. The summed E-state index contributed by atoms with van der Waals surface area (Å²) in [4.78, 5) is 13.6. The van der Waals surface area contributed by atoms with Gasteiger partial charge in [0.2, 0.25) is 0 Å². The summed E-state index contributed by atoms with van der Waals surface area (Å²) in [5.41, 5.74) is -3.80. The number of hydrogen-bond donors (Lipinski definition) is 5. The quantitative estimate of drug-likeness (QED) is 0.319. The van der Waals surface area contributed by atoms with Crippen LogP contribution in [0.25, 0.3) is 0 Å². The van der Waals surface area contributed by atoms with Crippen LogP contribution < -0.4 is 0 Å². The van der Waals surface area contributed by atoms with Gasteiger partial charge in [0, 0.05) is 25.2 Å². The third-order valence-electron chi connectivity index (χ3n) is 10.0. The first-order valence-corrected chi connectivity index (χ1v) is 14.7. The first-order valence-electron chi connectivity index (χ1n) is 14.7. The van der Waals surface area contributed by atoms with E-state index in [2.05, 4.69) is 0 Å². The zero-order valence-corrected chi connectivity index (χ0v) is 26.3. The van der Waals surface area contributed by atoms with Gasteiger partial charge in [0.15, 0.2) is 6.29 Å². The SMILES string of the molecule is CC[C@H]1OC(=O)[C@H](C)[C@@H](O[C@H]2C[C@@](C)(OC)[C@@H](O)[C@H](C)O2)[C@H](C)[C@@H](C)[C@](C)(O)C[C@@H](C)C(=N)[C@H](C)[C@H](O)[C@]1(C)O. The van der Waals surface area contributed by atoms with Gasteiger partial charge in [-0.05, 0) is 65.2 Å². The van der Waals surface area contributed by atoms with Crippen molar-refractivity contribution < 1.29 is 44.2 Å². The average molecular weight is 574 g/mol. The Hall–Kier alpha value is -1.14. The highest BCUT2D eigenvalue weighted by atomic mass is 16.7. The van der Waals surface area contributed by atoms with Crippen LogP contribution in [0, 0.1) is 35.0 Å². The fourth-order valence-electron chi connectivity index (χ4n) is 6.55. The average Bonchev–Trinajstić information content (AvgIpc) is 2.89. The Morgan fingerprint density at radius 2 is 1.55 bits per heavy atom. The van der Waals surface area contributed by atoms with Crippen LogP contribution in [0.15, 0.2) is 0 Å². The summed E-state index contributed by atoms with van der Waals surface area (Å²) < 4.78 is 24.0. The molecule has 2 heterocycles. The Morgan fingerprint density at radius 1 is 0.975 bits per heavy atom. The Bertz CT molecular complexity index is 879. The number of carbonyl (C=O) groups excluding carboxylic acids is 1. The maximum absolute atomic E-state index is 13.6. The molecule has 0 spiro atoms. The normalized spacial score (nSPS) is 50.2. The highest BCUT2D eigenvalue weighted by Gasteiger charge is 2.50. The van der Waals surface area contributed by atoms with Crippen LogP contribution in [0.3, 0.4) is 0 Å². The molecule has 2 rings (SSSR count). The van der Waals surface area contributed by atoms with Crippen LogP contribution >= 0.6 is 0 Å². The largest absolute Gasteiger partial charge is 0.459 e. The Labute approximate surface area is 240 Å². The van der Waals surface area contributed by atoms with Crippen molar-refractivity contribution in [1.29, 1.82) is 5.41 Å². The molecule has 0 aromatic rings. The third kappa shape index (κ3) is 7.07. The van der Waals surface area contributed by atoms with E-state index in [1.54, 1.807) is 41.5 Å². The van der Waals surface area contributed by atoms with Gasteiger partial charge in [-0.15, -0.1) is 0 Å². The van der Waals surface area contributed by atoms with Gasteiger partial charge in [-0.3, -0.25) is 4.79 Å².